The van der Waals surface area contributed by atoms with Crippen LogP contribution in [-0.2, 0) is 24.2 Å². The number of hydrogen-bond acceptors (Lipinski definition) is 4. The lowest BCUT2D eigenvalue weighted by molar-refractivity contribution is -0.137. The Bertz CT molecular complexity index is 626. The van der Waals surface area contributed by atoms with Gasteiger partial charge in [0.05, 0.1) is 18.0 Å². The summed E-state index contributed by atoms with van der Waals surface area (Å²) >= 11 is 0. The molecule has 116 valence electrons. The molecule has 22 heavy (non-hydrogen) atoms. The first-order valence-electron chi connectivity index (χ1n) is 7.60. The second kappa shape index (κ2) is 6.70. The number of aliphatic hydroxyl groups excluding tert-OH is 1. The van der Waals surface area contributed by atoms with Crippen molar-refractivity contribution in [3.05, 3.63) is 47.3 Å². The largest absolute Gasteiger partial charge is 0.395 e. The number of rotatable bonds is 5. The van der Waals surface area contributed by atoms with E-state index in [4.69, 9.17) is 0 Å². The van der Waals surface area contributed by atoms with Gasteiger partial charge in [-0.3, -0.25) is 4.79 Å². The van der Waals surface area contributed by atoms with Crippen LogP contribution in [0.25, 0.3) is 0 Å². The highest BCUT2D eigenvalue weighted by Gasteiger charge is 2.30. The van der Waals surface area contributed by atoms with Crippen LogP contribution in [-0.4, -0.2) is 44.5 Å². The zero-order valence-electron chi connectivity index (χ0n) is 12.4. The molecule has 2 aromatic rings. The lowest BCUT2D eigenvalue weighted by Gasteiger charge is -2.28. The molecule has 1 aliphatic rings. The Morgan fingerprint density at radius 1 is 1.27 bits per heavy atom. The molecule has 2 N–H and O–H groups in total. The van der Waals surface area contributed by atoms with Crippen molar-refractivity contribution in [1.82, 2.24) is 20.3 Å². The van der Waals surface area contributed by atoms with Crippen molar-refractivity contribution in [3.8, 4) is 0 Å². The number of fused-ring (bicyclic) bond motifs is 1. The second-order valence-corrected chi connectivity index (χ2v) is 5.63. The maximum Gasteiger partial charge on any atom is 0.226 e. The SMILES string of the molecule is O=C(C1CCc2n[nH]nc2C1)N(CCO)Cc1ccccc1. The number of benzene rings is 1. The summed E-state index contributed by atoms with van der Waals surface area (Å²) in [6.07, 6.45) is 2.19. The Labute approximate surface area is 129 Å². The number of amides is 1. The van der Waals surface area contributed by atoms with Crippen LogP contribution in [0.2, 0.25) is 0 Å². The predicted octanol–water partition coefficient (Wildman–Crippen LogP) is 0.931. The minimum atomic E-state index is -0.0761. The summed E-state index contributed by atoms with van der Waals surface area (Å²) in [7, 11) is 0. The Kier molecular flexibility index (Phi) is 4.48. The summed E-state index contributed by atoms with van der Waals surface area (Å²) in [4.78, 5) is 14.5. The van der Waals surface area contributed by atoms with Gasteiger partial charge in [0.1, 0.15) is 0 Å². The number of hydrogen-bond donors (Lipinski definition) is 2. The van der Waals surface area contributed by atoms with E-state index in [9.17, 15) is 9.90 Å². The van der Waals surface area contributed by atoms with Crippen LogP contribution in [0.15, 0.2) is 30.3 Å². The zero-order valence-corrected chi connectivity index (χ0v) is 12.4. The highest BCUT2D eigenvalue weighted by atomic mass is 16.3. The number of carbonyl (C=O) groups is 1. The first-order valence-corrected chi connectivity index (χ1v) is 7.60. The summed E-state index contributed by atoms with van der Waals surface area (Å²) in [5.41, 5.74) is 2.94. The number of nitrogens with zero attached hydrogens (tertiary/aromatic N) is 3. The van der Waals surface area contributed by atoms with Crippen LogP contribution in [0.3, 0.4) is 0 Å². The quantitative estimate of drug-likeness (QED) is 0.860. The highest BCUT2D eigenvalue weighted by molar-refractivity contribution is 5.79. The Morgan fingerprint density at radius 2 is 2.05 bits per heavy atom. The molecule has 1 heterocycles. The molecule has 0 fully saturated rings. The fourth-order valence-corrected chi connectivity index (χ4v) is 2.95. The molecular formula is C16H20N4O2. The maximum atomic E-state index is 12.8. The molecule has 0 bridgehead atoms. The van der Waals surface area contributed by atoms with Crippen LogP contribution in [0, 0.1) is 5.92 Å². The summed E-state index contributed by atoms with van der Waals surface area (Å²) < 4.78 is 0. The molecule has 1 unspecified atom stereocenters. The monoisotopic (exact) mass is 300 g/mol. The van der Waals surface area contributed by atoms with E-state index in [-0.39, 0.29) is 18.4 Å². The highest BCUT2D eigenvalue weighted by Crippen LogP contribution is 2.24. The Morgan fingerprint density at radius 3 is 2.82 bits per heavy atom. The van der Waals surface area contributed by atoms with E-state index >= 15 is 0 Å². The van der Waals surface area contributed by atoms with Gasteiger partial charge >= 0.3 is 0 Å². The Balaban J connectivity index is 1.70. The zero-order chi connectivity index (χ0) is 15.4. The molecule has 0 aliphatic heterocycles. The average Bonchev–Trinajstić information content (AvgIpc) is 3.02. The number of aryl methyl sites for hydroxylation is 1. The van der Waals surface area contributed by atoms with Crippen LogP contribution in [0.4, 0.5) is 0 Å². The smallest absolute Gasteiger partial charge is 0.226 e. The second-order valence-electron chi connectivity index (χ2n) is 5.63. The number of aromatic nitrogens is 3. The van der Waals surface area contributed by atoms with Crippen molar-refractivity contribution in [2.24, 2.45) is 5.92 Å². The van der Waals surface area contributed by atoms with E-state index in [0.717, 1.165) is 29.8 Å². The van der Waals surface area contributed by atoms with Gasteiger partial charge in [0.2, 0.25) is 5.91 Å². The molecule has 1 aliphatic carbocycles. The lowest BCUT2D eigenvalue weighted by atomic mass is 9.88. The fourth-order valence-electron chi connectivity index (χ4n) is 2.95. The molecule has 6 nitrogen and oxygen atoms in total. The normalized spacial score (nSPS) is 17.0. The van der Waals surface area contributed by atoms with Crippen LogP contribution in [0.1, 0.15) is 23.4 Å². The van der Waals surface area contributed by atoms with E-state index in [1.807, 2.05) is 30.3 Å². The lowest BCUT2D eigenvalue weighted by Crippen LogP contribution is -2.39. The molecule has 0 saturated carbocycles. The van der Waals surface area contributed by atoms with Crippen LogP contribution >= 0.6 is 0 Å². The van der Waals surface area contributed by atoms with E-state index in [2.05, 4.69) is 15.4 Å². The van der Waals surface area contributed by atoms with E-state index < -0.39 is 0 Å². The number of carbonyl (C=O) groups excluding carboxylic acids is 1. The van der Waals surface area contributed by atoms with Crippen molar-refractivity contribution in [2.45, 2.75) is 25.8 Å². The molecule has 1 aromatic carbocycles. The number of nitrogens with one attached hydrogen (secondary N) is 1. The number of aromatic amines is 1. The molecular weight excluding hydrogens is 280 g/mol. The standard InChI is InChI=1S/C16H20N4O2/c21-9-8-20(11-12-4-2-1-3-5-12)16(22)13-6-7-14-15(10-13)18-19-17-14/h1-5,13,21H,6-11H2,(H,17,18,19). The van der Waals surface area contributed by atoms with E-state index in [0.29, 0.717) is 19.5 Å². The molecule has 6 heteroatoms. The summed E-state index contributed by atoms with van der Waals surface area (Å²) in [5, 5.41) is 20.1. The summed E-state index contributed by atoms with van der Waals surface area (Å²) in [6, 6.07) is 9.86. The topological polar surface area (TPSA) is 82.1 Å². The molecule has 1 amide bonds. The van der Waals surface area contributed by atoms with Gasteiger partial charge in [0, 0.05) is 25.4 Å². The van der Waals surface area contributed by atoms with Gasteiger partial charge in [-0.1, -0.05) is 30.3 Å². The minimum absolute atomic E-state index is 0.0273. The third-order valence-electron chi connectivity index (χ3n) is 4.12. The number of aliphatic hydroxyl groups is 1. The van der Waals surface area contributed by atoms with Crippen molar-refractivity contribution in [3.63, 3.8) is 0 Å². The Hall–Kier alpha value is -2.21. The van der Waals surface area contributed by atoms with Gasteiger partial charge in [-0.05, 0) is 18.4 Å². The maximum absolute atomic E-state index is 12.8. The average molecular weight is 300 g/mol. The van der Waals surface area contributed by atoms with Crippen LogP contribution in [0.5, 0.6) is 0 Å². The molecule has 1 aromatic heterocycles. The van der Waals surface area contributed by atoms with Gasteiger partial charge in [0.25, 0.3) is 0 Å². The van der Waals surface area contributed by atoms with Gasteiger partial charge in [-0.25, -0.2) is 0 Å². The molecule has 0 radical (unpaired) electrons. The third kappa shape index (κ3) is 3.17. The minimum Gasteiger partial charge on any atom is -0.395 e. The molecule has 1 atom stereocenters. The van der Waals surface area contributed by atoms with Crippen molar-refractivity contribution in [2.75, 3.05) is 13.2 Å². The van der Waals surface area contributed by atoms with Gasteiger partial charge in [0.15, 0.2) is 0 Å². The van der Waals surface area contributed by atoms with Crippen molar-refractivity contribution in [1.29, 1.82) is 0 Å². The molecule has 0 saturated heterocycles. The molecule has 3 rings (SSSR count). The molecule has 0 spiro atoms. The first-order chi connectivity index (χ1) is 10.8. The first kappa shape index (κ1) is 14.7. The summed E-state index contributed by atoms with van der Waals surface area (Å²) in [6.45, 7) is 0.860. The van der Waals surface area contributed by atoms with Crippen molar-refractivity contribution < 1.29 is 9.90 Å². The van der Waals surface area contributed by atoms with E-state index in [1.165, 1.54) is 0 Å². The fraction of sp³-hybridized carbons (Fsp3) is 0.438. The van der Waals surface area contributed by atoms with Crippen molar-refractivity contribution >= 4 is 5.91 Å². The third-order valence-corrected chi connectivity index (χ3v) is 4.12. The van der Waals surface area contributed by atoms with Gasteiger partial charge in [-0.15, -0.1) is 0 Å². The summed E-state index contributed by atoms with van der Waals surface area (Å²) in [5.74, 6) is 0.0133. The van der Waals surface area contributed by atoms with Gasteiger partial charge < -0.3 is 10.0 Å². The number of H-pyrrole nitrogens is 1. The van der Waals surface area contributed by atoms with Crippen LogP contribution < -0.4 is 0 Å². The van der Waals surface area contributed by atoms with E-state index in [1.54, 1.807) is 4.90 Å². The van der Waals surface area contributed by atoms with Gasteiger partial charge in [-0.2, -0.15) is 15.4 Å². The predicted molar refractivity (Wildman–Crippen MR) is 80.8 cm³/mol.